The van der Waals surface area contributed by atoms with Gasteiger partial charge < -0.3 is 20.3 Å². The van der Waals surface area contributed by atoms with E-state index in [1.807, 2.05) is 6.92 Å². The Hall–Kier alpha value is -2.71. The van der Waals surface area contributed by atoms with E-state index in [-0.39, 0.29) is 24.3 Å². The second-order valence-electron chi connectivity index (χ2n) is 7.20. The summed E-state index contributed by atoms with van der Waals surface area (Å²) in [5.74, 6) is -3.61. The lowest BCUT2D eigenvalue weighted by atomic mass is 9.92. The van der Waals surface area contributed by atoms with Crippen molar-refractivity contribution in [1.29, 1.82) is 0 Å². The van der Waals surface area contributed by atoms with E-state index in [1.165, 1.54) is 0 Å². The highest BCUT2D eigenvalue weighted by Gasteiger charge is 2.34. The molecule has 3 unspecified atom stereocenters. The maximum atomic E-state index is 13.8. The normalized spacial score (nSPS) is 19.5. The molecule has 1 fully saturated rings. The lowest BCUT2D eigenvalue weighted by molar-refractivity contribution is -0.146. The number of carbonyl (C=O) groups excluding carboxylic acids is 2. The fourth-order valence-electron chi connectivity index (χ4n) is 3.46. The van der Waals surface area contributed by atoms with E-state index in [0.29, 0.717) is 19.3 Å². The minimum Gasteiger partial charge on any atom is -0.481 e. The molecule has 9 heteroatoms. The van der Waals surface area contributed by atoms with Crippen LogP contribution in [0.1, 0.15) is 57.4 Å². The third-order valence-electron chi connectivity index (χ3n) is 4.95. The van der Waals surface area contributed by atoms with Crippen LogP contribution in [0.3, 0.4) is 0 Å². The Balaban J connectivity index is 2.17. The van der Waals surface area contributed by atoms with E-state index < -0.39 is 41.8 Å². The number of rotatable bonds is 11. The number of aliphatic carboxylic acids is 1. The van der Waals surface area contributed by atoms with E-state index in [2.05, 4.69) is 4.98 Å². The lowest BCUT2D eigenvalue weighted by Crippen LogP contribution is -2.33. The monoisotopic (exact) mass is 410 g/mol. The van der Waals surface area contributed by atoms with Crippen molar-refractivity contribution in [3.05, 3.63) is 23.6 Å². The second-order valence-corrected chi connectivity index (χ2v) is 7.20. The minimum absolute atomic E-state index is 0.0315. The molecular formula is C20H27FN2O6. The molecule has 3 atom stereocenters. The first kappa shape index (κ1) is 22.6. The molecule has 1 saturated carbocycles. The van der Waals surface area contributed by atoms with Crippen LogP contribution >= 0.6 is 0 Å². The summed E-state index contributed by atoms with van der Waals surface area (Å²) in [6, 6.07) is 1.12. The van der Waals surface area contributed by atoms with Gasteiger partial charge in [0.1, 0.15) is 29.7 Å². The number of nitrogens with two attached hydrogens (primary N) is 1. The largest absolute Gasteiger partial charge is 0.481 e. The first-order valence-corrected chi connectivity index (χ1v) is 9.84. The number of primary amides is 1. The van der Waals surface area contributed by atoms with Gasteiger partial charge in [-0.1, -0.05) is 19.8 Å². The molecule has 1 aliphatic rings. The minimum atomic E-state index is -1.31. The number of unbranched alkanes of at least 4 members (excludes halogenated alkanes) is 2. The summed E-state index contributed by atoms with van der Waals surface area (Å²) in [4.78, 5) is 39.0. The van der Waals surface area contributed by atoms with Gasteiger partial charge in [-0.05, 0) is 38.2 Å². The highest BCUT2D eigenvalue weighted by molar-refractivity contribution is 5.98. The van der Waals surface area contributed by atoms with Crippen molar-refractivity contribution in [2.45, 2.75) is 70.5 Å². The standard InChI is InChI=1S/C20H27FN2O6/c1-2-3-4-6-15(24)14(19(25)26)10-12-9-13(21)11-23-18(12)28-16-7-5-8-17(16)29-20(22)27/h9,11,14,16-17H,2-8,10H2,1H3,(H2,22,27)(H,25,26). The topological polar surface area (TPSA) is 129 Å². The average molecular weight is 410 g/mol. The molecule has 0 aromatic carbocycles. The van der Waals surface area contributed by atoms with E-state index >= 15 is 0 Å². The molecule has 0 aliphatic heterocycles. The number of ether oxygens (including phenoxy) is 2. The van der Waals surface area contributed by atoms with Crippen molar-refractivity contribution < 1.29 is 33.4 Å². The van der Waals surface area contributed by atoms with Crippen LogP contribution in [0.5, 0.6) is 5.88 Å². The van der Waals surface area contributed by atoms with Crippen LogP contribution in [0.25, 0.3) is 0 Å². The summed E-state index contributed by atoms with van der Waals surface area (Å²) in [5, 5.41) is 9.50. The number of hydrogen-bond donors (Lipinski definition) is 2. The Kier molecular flexibility index (Phi) is 8.35. The molecular weight excluding hydrogens is 383 g/mol. The van der Waals surface area contributed by atoms with Crippen molar-refractivity contribution >= 4 is 17.8 Å². The van der Waals surface area contributed by atoms with Crippen LogP contribution in [0.15, 0.2) is 12.3 Å². The van der Waals surface area contributed by atoms with Gasteiger partial charge in [0.2, 0.25) is 5.88 Å². The number of carboxylic acids is 1. The third kappa shape index (κ3) is 6.69. The Morgan fingerprint density at radius 3 is 2.69 bits per heavy atom. The molecule has 2 rings (SSSR count). The Morgan fingerprint density at radius 2 is 2.03 bits per heavy atom. The number of pyridine rings is 1. The van der Waals surface area contributed by atoms with Crippen molar-refractivity contribution in [2.24, 2.45) is 11.7 Å². The number of carbonyl (C=O) groups is 3. The van der Waals surface area contributed by atoms with Crippen LogP contribution in [0.2, 0.25) is 0 Å². The van der Waals surface area contributed by atoms with Gasteiger partial charge in [-0.15, -0.1) is 0 Å². The highest BCUT2D eigenvalue weighted by Crippen LogP contribution is 2.29. The van der Waals surface area contributed by atoms with E-state index in [4.69, 9.17) is 15.2 Å². The van der Waals surface area contributed by atoms with E-state index in [0.717, 1.165) is 31.5 Å². The number of Topliss-reactive ketones (excluding diaryl/α,β-unsaturated/α-hetero) is 1. The first-order valence-electron chi connectivity index (χ1n) is 9.84. The fraction of sp³-hybridized carbons (Fsp3) is 0.600. The summed E-state index contributed by atoms with van der Waals surface area (Å²) in [7, 11) is 0. The third-order valence-corrected chi connectivity index (χ3v) is 4.95. The van der Waals surface area contributed by atoms with Crippen LogP contribution in [0.4, 0.5) is 9.18 Å². The second kappa shape index (κ2) is 10.7. The van der Waals surface area contributed by atoms with Gasteiger partial charge in [0.05, 0.1) is 6.20 Å². The summed E-state index contributed by atoms with van der Waals surface area (Å²) in [5.41, 5.74) is 5.26. The molecule has 1 heterocycles. The van der Waals surface area contributed by atoms with Crippen molar-refractivity contribution in [1.82, 2.24) is 4.98 Å². The molecule has 1 aliphatic carbocycles. The van der Waals surface area contributed by atoms with Crippen LogP contribution in [-0.4, -0.2) is 40.1 Å². The van der Waals surface area contributed by atoms with Gasteiger partial charge in [0.25, 0.3) is 0 Å². The number of amides is 1. The maximum Gasteiger partial charge on any atom is 0.404 e. The smallest absolute Gasteiger partial charge is 0.404 e. The number of halogens is 1. The van der Waals surface area contributed by atoms with Gasteiger partial charge in [-0.3, -0.25) is 9.59 Å². The zero-order chi connectivity index (χ0) is 21.4. The summed E-state index contributed by atoms with van der Waals surface area (Å²) < 4.78 is 24.6. The Bertz CT molecular complexity index is 742. The molecule has 1 amide bonds. The fourth-order valence-corrected chi connectivity index (χ4v) is 3.46. The van der Waals surface area contributed by atoms with Gasteiger partial charge in [0, 0.05) is 12.0 Å². The van der Waals surface area contributed by atoms with Crippen molar-refractivity contribution in [2.75, 3.05) is 0 Å². The Morgan fingerprint density at radius 1 is 1.31 bits per heavy atom. The van der Waals surface area contributed by atoms with Gasteiger partial charge >= 0.3 is 12.1 Å². The molecule has 1 aromatic rings. The molecule has 0 saturated heterocycles. The van der Waals surface area contributed by atoms with Gasteiger partial charge in [0.15, 0.2) is 0 Å². The highest BCUT2D eigenvalue weighted by atomic mass is 19.1. The molecule has 8 nitrogen and oxygen atoms in total. The van der Waals surface area contributed by atoms with Gasteiger partial charge in [-0.25, -0.2) is 14.2 Å². The van der Waals surface area contributed by atoms with E-state index in [9.17, 15) is 23.9 Å². The van der Waals surface area contributed by atoms with Crippen molar-refractivity contribution in [3.8, 4) is 5.88 Å². The zero-order valence-corrected chi connectivity index (χ0v) is 16.4. The molecule has 0 radical (unpaired) electrons. The van der Waals surface area contributed by atoms with Crippen LogP contribution in [0, 0.1) is 11.7 Å². The zero-order valence-electron chi connectivity index (χ0n) is 16.4. The molecule has 0 spiro atoms. The van der Waals surface area contributed by atoms with Gasteiger partial charge in [-0.2, -0.15) is 0 Å². The number of hydrogen-bond acceptors (Lipinski definition) is 6. The average Bonchev–Trinajstić information content (AvgIpc) is 3.07. The molecule has 0 bridgehead atoms. The molecule has 29 heavy (non-hydrogen) atoms. The quantitative estimate of drug-likeness (QED) is 0.424. The van der Waals surface area contributed by atoms with E-state index in [1.54, 1.807) is 0 Å². The summed E-state index contributed by atoms with van der Waals surface area (Å²) in [6.45, 7) is 1.99. The van der Waals surface area contributed by atoms with Crippen molar-refractivity contribution in [3.63, 3.8) is 0 Å². The van der Waals surface area contributed by atoms with Crippen LogP contribution < -0.4 is 10.5 Å². The summed E-state index contributed by atoms with van der Waals surface area (Å²) in [6.07, 6.45) is 3.12. The number of ketones is 1. The molecule has 3 N–H and O–H groups in total. The maximum absolute atomic E-state index is 13.8. The number of carboxylic acid groups (broad SMARTS) is 1. The first-order chi connectivity index (χ1) is 13.8. The SMILES string of the molecule is CCCCCC(=O)C(Cc1cc(F)cnc1OC1CCCC1OC(N)=O)C(=O)O. The number of nitrogens with zero attached hydrogens (tertiary/aromatic N) is 1. The predicted octanol–water partition coefficient (Wildman–Crippen LogP) is 3.01. The molecule has 160 valence electrons. The van der Waals surface area contributed by atoms with Crippen LogP contribution in [-0.2, 0) is 20.7 Å². The predicted molar refractivity (Wildman–Crippen MR) is 101 cm³/mol. The Labute approximate surface area is 168 Å². The number of aromatic nitrogens is 1. The summed E-state index contributed by atoms with van der Waals surface area (Å²) >= 11 is 0. The lowest BCUT2D eigenvalue weighted by Gasteiger charge is -2.22. The molecule has 1 aromatic heterocycles.